The molecule has 0 aromatic carbocycles. The van der Waals surface area contributed by atoms with Gasteiger partial charge in [-0.1, -0.05) is 155 Å². The molecular formula is C46H88NO7P. The van der Waals surface area contributed by atoms with Crippen molar-refractivity contribution in [3.8, 4) is 0 Å². The van der Waals surface area contributed by atoms with Gasteiger partial charge in [0.15, 0.2) is 0 Å². The number of carbonyl (C=O) groups is 2. The van der Waals surface area contributed by atoms with E-state index in [4.69, 9.17) is 18.5 Å². The lowest BCUT2D eigenvalue weighted by Crippen LogP contribution is -2.29. The average molecular weight is 798 g/mol. The van der Waals surface area contributed by atoms with Crippen LogP contribution in [-0.4, -0.2) is 69.1 Å². The summed E-state index contributed by atoms with van der Waals surface area (Å²) in [5, 5.41) is 0. The van der Waals surface area contributed by atoms with Gasteiger partial charge in [-0.25, -0.2) is 0 Å². The van der Waals surface area contributed by atoms with Crippen molar-refractivity contribution < 1.29 is 32.7 Å². The van der Waals surface area contributed by atoms with E-state index in [-0.39, 0.29) is 31.8 Å². The van der Waals surface area contributed by atoms with Gasteiger partial charge >= 0.3 is 19.5 Å². The van der Waals surface area contributed by atoms with Crippen molar-refractivity contribution >= 4 is 19.5 Å². The molecule has 0 aromatic rings. The lowest BCUT2D eigenvalue weighted by atomic mass is 10.1. The smallest absolute Gasteiger partial charge is 0.328 e. The fraction of sp³-hybridized carbons (Fsp3) is 0.870. The summed E-state index contributed by atoms with van der Waals surface area (Å²) in [6, 6.07) is 0. The molecule has 0 rings (SSSR count). The van der Waals surface area contributed by atoms with Crippen LogP contribution in [0.25, 0.3) is 0 Å². The van der Waals surface area contributed by atoms with Gasteiger partial charge in [0.25, 0.3) is 0 Å². The maximum Gasteiger partial charge on any atom is 0.328 e. The standard InChI is InChI=1S/C46H88NO7P/c1-6-10-12-14-16-18-20-22-24-26-28-30-32-34-36-38-45(48)51-42-44(54-55(5,50)53-41-40-47(8-3)9-4)43-52-46(49)39-37-35-33-31-29-27-25-23-21-19-17-15-13-11-7-2/h22-25,44H,6-21,26-43H2,1-5H3. The van der Waals surface area contributed by atoms with Gasteiger partial charge in [0, 0.05) is 26.1 Å². The number of nitrogens with zero attached hydrogens (tertiary/aromatic N) is 1. The molecule has 0 N–H and O–H groups in total. The van der Waals surface area contributed by atoms with Crippen LogP contribution in [0.15, 0.2) is 24.3 Å². The number of likely N-dealkylation sites (N-methyl/N-ethyl adjacent to an activating group) is 1. The summed E-state index contributed by atoms with van der Waals surface area (Å²) >= 11 is 0. The van der Waals surface area contributed by atoms with Gasteiger partial charge in [-0.3, -0.25) is 18.7 Å². The Balaban J connectivity index is 4.39. The first-order valence-electron chi connectivity index (χ1n) is 23.0. The highest BCUT2D eigenvalue weighted by Crippen LogP contribution is 2.45. The normalized spacial score (nSPS) is 13.6. The molecule has 0 bridgehead atoms. The SMILES string of the molecule is CCCCCCCCC=CCCCCCCCC(=O)OCC(COC(=O)CCCCCCCC=CCCCCCCCC)OP(C)(=O)OCCN(CC)CC. The molecule has 0 aliphatic rings. The summed E-state index contributed by atoms with van der Waals surface area (Å²) in [7, 11) is -3.47. The number of carbonyl (C=O) groups excluding carboxylic acids is 2. The van der Waals surface area contributed by atoms with E-state index in [9.17, 15) is 14.2 Å². The van der Waals surface area contributed by atoms with Crippen molar-refractivity contribution in [2.45, 2.75) is 214 Å². The number of rotatable bonds is 42. The van der Waals surface area contributed by atoms with E-state index >= 15 is 0 Å². The summed E-state index contributed by atoms with van der Waals surface area (Å²) in [5.41, 5.74) is 0. The molecule has 1 unspecified atom stereocenters. The Morgan fingerprint density at radius 1 is 0.527 bits per heavy atom. The largest absolute Gasteiger partial charge is 0.463 e. The summed E-state index contributed by atoms with van der Waals surface area (Å²) in [6.07, 6.45) is 40.2. The third-order valence-electron chi connectivity index (χ3n) is 10.1. The van der Waals surface area contributed by atoms with E-state index in [1.807, 2.05) is 0 Å². The topological polar surface area (TPSA) is 91.4 Å². The Morgan fingerprint density at radius 3 is 1.24 bits per heavy atom. The first kappa shape index (κ1) is 53.5. The van der Waals surface area contributed by atoms with Gasteiger partial charge in [-0.15, -0.1) is 0 Å². The zero-order chi connectivity index (χ0) is 40.5. The minimum atomic E-state index is -3.47. The molecule has 0 amide bonds. The van der Waals surface area contributed by atoms with Crippen molar-refractivity contribution in [2.75, 3.05) is 46.1 Å². The second-order valence-electron chi connectivity index (χ2n) is 15.4. The van der Waals surface area contributed by atoms with Crippen LogP contribution in [0.3, 0.4) is 0 Å². The van der Waals surface area contributed by atoms with E-state index < -0.39 is 13.7 Å². The number of unbranched alkanes of at least 4 members (excludes halogenated alkanes) is 22. The number of hydrogen-bond acceptors (Lipinski definition) is 8. The van der Waals surface area contributed by atoms with Crippen molar-refractivity contribution in [1.82, 2.24) is 4.90 Å². The Labute approximate surface area is 340 Å². The van der Waals surface area contributed by atoms with Crippen molar-refractivity contribution in [1.29, 1.82) is 0 Å². The molecule has 55 heavy (non-hydrogen) atoms. The van der Waals surface area contributed by atoms with Gasteiger partial charge in [0.1, 0.15) is 19.3 Å². The van der Waals surface area contributed by atoms with Crippen LogP contribution in [0.4, 0.5) is 0 Å². The number of esters is 2. The van der Waals surface area contributed by atoms with Crippen LogP contribution in [0.2, 0.25) is 0 Å². The molecule has 9 heteroatoms. The van der Waals surface area contributed by atoms with Crippen LogP contribution in [0.1, 0.15) is 207 Å². The van der Waals surface area contributed by atoms with Crippen LogP contribution in [0, 0.1) is 0 Å². The van der Waals surface area contributed by atoms with E-state index in [1.54, 1.807) is 0 Å². The van der Waals surface area contributed by atoms with Gasteiger partial charge < -0.3 is 18.9 Å². The fourth-order valence-corrected chi connectivity index (χ4v) is 7.62. The number of ether oxygens (including phenoxy) is 2. The predicted octanol–water partition coefficient (Wildman–Crippen LogP) is 13.7. The van der Waals surface area contributed by atoms with Crippen LogP contribution in [-0.2, 0) is 32.7 Å². The maximum atomic E-state index is 13.2. The highest BCUT2D eigenvalue weighted by molar-refractivity contribution is 7.53. The monoisotopic (exact) mass is 798 g/mol. The third-order valence-corrected chi connectivity index (χ3v) is 11.4. The second-order valence-corrected chi connectivity index (χ2v) is 17.4. The lowest BCUT2D eigenvalue weighted by Gasteiger charge is -2.23. The second kappa shape index (κ2) is 40.7. The average Bonchev–Trinajstić information content (AvgIpc) is 3.17. The Bertz CT molecular complexity index is 912. The van der Waals surface area contributed by atoms with Crippen molar-refractivity contribution in [3.63, 3.8) is 0 Å². The molecular weight excluding hydrogens is 709 g/mol. The Hall–Kier alpha value is -1.47. The molecule has 0 aromatic heterocycles. The lowest BCUT2D eigenvalue weighted by molar-refractivity contribution is -0.151. The van der Waals surface area contributed by atoms with Crippen LogP contribution in [0.5, 0.6) is 0 Å². The van der Waals surface area contributed by atoms with E-state index in [0.29, 0.717) is 19.4 Å². The predicted molar refractivity (Wildman–Crippen MR) is 233 cm³/mol. The summed E-state index contributed by atoms with van der Waals surface area (Å²) in [4.78, 5) is 27.3. The van der Waals surface area contributed by atoms with Gasteiger partial charge in [0.2, 0.25) is 0 Å². The molecule has 0 aliphatic carbocycles. The summed E-state index contributed by atoms with van der Waals surface area (Å²) in [5.74, 6) is -0.640. The third kappa shape index (κ3) is 39.2. The number of allylic oxidation sites excluding steroid dienone is 4. The van der Waals surface area contributed by atoms with E-state index in [0.717, 1.165) is 77.3 Å². The summed E-state index contributed by atoms with van der Waals surface area (Å²) in [6.45, 7) is 12.4. The van der Waals surface area contributed by atoms with Gasteiger partial charge in [-0.2, -0.15) is 0 Å². The first-order valence-corrected chi connectivity index (χ1v) is 25.0. The Kier molecular flexibility index (Phi) is 39.6. The zero-order valence-corrected chi connectivity index (χ0v) is 37.6. The van der Waals surface area contributed by atoms with Gasteiger partial charge in [-0.05, 0) is 77.3 Å². The van der Waals surface area contributed by atoms with E-state index in [2.05, 4.69) is 56.9 Å². The molecule has 0 spiro atoms. The molecule has 0 fully saturated rings. The van der Waals surface area contributed by atoms with Crippen molar-refractivity contribution in [2.24, 2.45) is 0 Å². The molecule has 8 nitrogen and oxygen atoms in total. The van der Waals surface area contributed by atoms with Crippen molar-refractivity contribution in [3.05, 3.63) is 24.3 Å². The minimum absolute atomic E-state index is 0.137. The first-order chi connectivity index (χ1) is 26.8. The number of hydrogen-bond donors (Lipinski definition) is 0. The minimum Gasteiger partial charge on any atom is -0.463 e. The molecule has 0 saturated heterocycles. The zero-order valence-electron chi connectivity index (χ0n) is 36.7. The van der Waals surface area contributed by atoms with Gasteiger partial charge in [0.05, 0.1) is 6.61 Å². The Morgan fingerprint density at radius 2 is 0.873 bits per heavy atom. The van der Waals surface area contributed by atoms with Crippen LogP contribution < -0.4 is 0 Å². The highest BCUT2D eigenvalue weighted by Gasteiger charge is 2.26. The molecule has 0 heterocycles. The van der Waals surface area contributed by atoms with E-state index in [1.165, 1.54) is 109 Å². The molecule has 0 aliphatic heterocycles. The maximum absolute atomic E-state index is 13.2. The molecule has 0 radical (unpaired) electrons. The highest BCUT2D eigenvalue weighted by atomic mass is 31.2. The molecule has 0 saturated carbocycles. The molecule has 1 atom stereocenters. The summed E-state index contributed by atoms with van der Waals surface area (Å²) < 4.78 is 35.6. The fourth-order valence-electron chi connectivity index (χ4n) is 6.48. The quantitative estimate of drug-likeness (QED) is 0.0261. The van der Waals surface area contributed by atoms with Crippen LogP contribution >= 0.6 is 7.60 Å². The molecule has 324 valence electrons.